The van der Waals surface area contributed by atoms with E-state index in [1.807, 2.05) is 0 Å². The Morgan fingerprint density at radius 2 is 1.65 bits per heavy atom. The monoisotopic (exact) mass is 358 g/mol. The number of carbonyl (C=O) groups is 1. The van der Waals surface area contributed by atoms with Crippen molar-refractivity contribution < 1.29 is 31.5 Å². The third-order valence-electron chi connectivity index (χ3n) is 4.50. The summed E-state index contributed by atoms with van der Waals surface area (Å²) in [5.74, 6) is -1.85. The SMILES string of the molecule is CS(=O)(=O)N1CC[C@@H]2[C@@H]1CCN2CC1CC1.O=C(O)C(F)(F)F. The summed E-state index contributed by atoms with van der Waals surface area (Å²) in [6, 6.07) is 0.782. The van der Waals surface area contributed by atoms with Crippen molar-refractivity contribution in [1.82, 2.24) is 9.21 Å². The summed E-state index contributed by atoms with van der Waals surface area (Å²) in [5, 5.41) is 7.12. The quantitative estimate of drug-likeness (QED) is 0.819. The van der Waals surface area contributed by atoms with Crippen LogP contribution in [0.1, 0.15) is 25.7 Å². The van der Waals surface area contributed by atoms with Crippen LogP contribution in [-0.2, 0) is 14.8 Å². The topological polar surface area (TPSA) is 77.9 Å². The number of alkyl halides is 3. The summed E-state index contributed by atoms with van der Waals surface area (Å²) < 4.78 is 56.7. The predicted octanol–water partition coefficient (Wildman–Crippen LogP) is 1.14. The van der Waals surface area contributed by atoms with Crippen LogP contribution in [-0.4, -0.2) is 72.8 Å². The number of carboxylic acids is 1. The Labute approximate surface area is 133 Å². The zero-order chi connectivity index (χ0) is 17.4. The van der Waals surface area contributed by atoms with Crippen molar-refractivity contribution in [1.29, 1.82) is 0 Å². The van der Waals surface area contributed by atoms with E-state index in [0.717, 1.165) is 31.8 Å². The molecule has 2 saturated heterocycles. The molecule has 0 amide bonds. The number of likely N-dealkylation sites (tertiary alicyclic amines) is 1. The van der Waals surface area contributed by atoms with Crippen LogP contribution < -0.4 is 0 Å². The summed E-state index contributed by atoms with van der Waals surface area (Å²) in [7, 11) is -2.99. The molecule has 10 heteroatoms. The fourth-order valence-electron chi connectivity index (χ4n) is 3.31. The van der Waals surface area contributed by atoms with Gasteiger partial charge in [0.05, 0.1) is 6.26 Å². The van der Waals surface area contributed by atoms with Gasteiger partial charge in [-0.2, -0.15) is 17.5 Å². The number of carboxylic acid groups (broad SMARTS) is 1. The average Bonchev–Trinajstić information content (AvgIpc) is 2.95. The van der Waals surface area contributed by atoms with Crippen LogP contribution in [0, 0.1) is 5.92 Å². The van der Waals surface area contributed by atoms with Gasteiger partial charge >= 0.3 is 12.1 Å². The number of hydrogen-bond donors (Lipinski definition) is 1. The third-order valence-corrected chi connectivity index (χ3v) is 5.80. The number of fused-ring (bicyclic) bond motifs is 1. The first kappa shape index (κ1) is 18.5. The highest BCUT2D eigenvalue weighted by molar-refractivity contribution is 7.88. The van der Waals surface area contributed by atoms with Gasteiger partial charge in [0.25, 0.3) is 0 Å². The highest BCUT2D eigenvalue weighted by atomic mass is 32.2. The van der Waals surface area contributed by atoms with E-state index in [1.54, 1.807) is 4.31 Å². The van der Waals surface area contributed by atoms with Crippen molar-refractivity contribution >= 4 is 16.0 Å². The van der Waals surface area contributed by atoms with E-state index in [4.69, 9.17) is 9.90 Å². The molecule has 0 aromatic heterocycles. The van der Waals surface area contributed by atoms with E-state index in [1.165, 1.54) is 25.6 Å². The van der Waals surface area contributed by atoms with Crippen molar-refractivity contribution in [3.05, 3.63) is 0 Å². The number of nitrogens with zero attached hydrogens (tertiary/aromatic N) is 2. The highest BCUT2D eigenvalue weighted by Gasteiger charge is 2.46. The van der Waals surface area contributed by atoms with Crippen LogP contribution in [0.15, 0.2) is 0 Å². The van der Waals surface area contributed by atoms with Crippen LogP contribution in [0.25, 0.3) is 0 Å². The van der Waals surface area contributed by atoms with Gasteiger partial charge in [-0.25, -0.2) is 13.2 Å². The normalized spacial score (nSPS) is 29.0. The second-order valence-electron chi connectivity index (χ2n) is 6.33. The highest BCUT2D eigenvalue weighted by Crippen LogP contribution is 2.37. The zero-order valence-electron chi connectivity index (χ0n) is 12.8. The van der Waals surface area contributed by atoms with Crippen LogP contribution in [0.5, 0.6) is 0 Å². The molecule has 0 radical (unpaired) electrons. The summed E-state index contributed by atoms with van der Waals surface area (Å²) in [6.45, 7) is 3.03. The molecule has 2 heterocycles. The molecule has 6 nitrogen and oxygen atoms in total. The minimum absolute atomic E-state index is 0.272. The number of aliphatic carboxylic acids is 1. The zero-order valence-corrected chi connectivity index (χ0v) is 13.6. The molecule has 2 atom stereocenters. The summed E-state index contributed by atoms with van der Waals surface area (Å²) in [5.41, 5.74) is 0. The first-order valence-electron chi connectivity index (χ1n) is 7.51. The van der Waals surface area contributed by atoms with E-state index in [2.05, 4.69) is 4.90 Å². The number of sulfonamides is 1. The molecule has 1 aliphatic carbocycles. The Kier molecular flexibility index (Phi) is 5.27. The lowest BCUT2D eigenvalue weighted by molar-refractivity contribution is -0.192. The summed E-state index contributed by atoms with van der Waals surface area (Å²) in [4.78, 5) is 11.4. The van der Waals surface area contributed by atoms with Gasteiger partial charge in [0.15, 0.2) is 0 Å². The van der Waals surface area contributed by atoms with Crippen molar-refractivity contribution in [2.45, 2.75) is 43.9 Å². The number of hydrogen-bond acceptors (Lipinski definition) is 4. The molecule has 1 N–H and O–H groups in total. The van der Waals surface area contributed by atoms with Gasteiger partial charge in [0, 0.05) is 31.7 Å². The predicted molar refractivity (Wildman–Crippen MR) is 76.3 cm³/mol. The molecule has 3 rings (SSSR count). The molecule has 0 aromatic carbocycles. The lowest BCUT2D eigenvalue weighted by Gasteiger charge is -2.24. The Bertz CT molecular complexity index is 548. The molecule has 3 aliphatic rings. The number of rotatable bonds is 3. The van der Waals surface area contributed by atoms with Gasteiger partial charge in [0.2, 0.25) is 10.0 Å². The Hall–Kier alpha value is -0.870. The van der Waals surface area contributed by atoms with E-state index < -0.39 is 22.2 Å². The Morgan fingerprint density at radius 1 is 1.13 bits per heavy atom. The van der Waals surface area contributed by atoms with E-state index in [0.29, 0.717) is 6.04 Å². The third kappa shape index (κ3) is 4.80. The summed E-state index contributed by atoms with van der Waals surface area (Å²) >= 11 is 0. The van der Waals surface area contributed by atoms with E-state index in [-0.39, 0.29) is 6.04 Å². The van der Waals surface area contributed by atoms with Crippen molar-refractivity contribution in [3.8, 4) is 0 Å². The van der Waals surface area contributed by atoms with Crippen LogP contribution in [0.4, 0.5) is 13.2 Å². The largest absolute Gasteiger partial charge is 0.490 e. The minimum atomic E-state index is -5.08. The van der Waals surface area contributed by atoms with Gasteiger partial charge in [-0.15, -0.1) is 0 Å². The Balaban J connectivity index is 0.000000236. The fraction of sp³-hybridized carbons (Fsp3) is 0.923. The van der Waals surface area contributed by atoms with Crippen molar-refractivity contribution in [3.63, 3.8) is 0 Å². The minimum Gasteiger partial charge on any atom is -0.475 e. The molecule has 0 aromatic rings. The van der Waals surface area contributed by atoms with Crippen LogP contribution in [0.3, 0.4) is 0 Å². The van der Waals surface area contributed by atoms with Gasteiger partial charge in [0.1, 0.15) is 0 Å². The average molecular weight is 358 g/mol. The van der Waals surface area contributed by atoms with Crippen molar-refractivity contribution in [2.24, 2.45) is 5.92 Å². The maximum Gasteiger partial charge on any atom is 0.490 e. The maximum atomic E-state index is 11.6. The lowest BCUT2D eigenvalue weighted by atomic mass is 10.1. The lowest BCUT2D eigenvalue weighted by Crippen LogP contribution is -2.39. The molecule has 3 fully saturated rings. The smallest absolute Gasteiger partial charge is 0.475 e. The van der Waals surface area contributed by atoms with Crippen molar-refractivity contribution in [2.75, 3.05) is 25.9 Å². The van der Waals surface area contributed by atoms with E-state index in [9.17, 15) is 21.6 Å². The number of halogens is 3. The van der Waals surface area contributed by atoms with E-state index >= 15 is 0 Å². The first-order valence-corrected chi connectivity index (χ1v) is 9.36. The van der Waals surface area contributed by atoms with Crippen LogP contribution >= 0.6 is 0 Å². The second-order valence-corrected chi connectivity index (χ2v) is 8.26. The van der Waals surface area contributed by atoms with Crippen LogP contribution in [0.2, 0.25) is 0 Å². The molecule has 134 valence electrons. The summed E-state index contributed by atoms with van der Waals surface area (Å²) in [6.07, 6.45) is 1.08. The van der Waals surface area contributed by atoms with Gasteiger partial charge in [-0.1, -0.05) is 0 Å². The molecule has 1 saturated carbocycles. The molecular formula is C13H21F3N2O4S. The fourth-order valence-corrected chi connectivity index (χ4v) is 4.48. The molecule has 0 bridgehead atoms. The molecular weight excluding hydrogens is 337 g/mol. The first-order chi connectivity index (χ1) is 10.5. The molecule has 0 unspecified atom stereocenters. The molecule has 0 spiro atoms. The Morgan fingerprint density at radius 3 is 2.09 bits per heavy atom. The maximum absolute atomic E-state index is 11.6. The van der Waals surface area contributed by atoms with Gasteiger partial charge in [-0.3, -0.25) is 4.90 Å². The standard InChI is InChI=1S/C11H20N2O2S.C2HF3O2/c1-16(14,15)13-7-5-10-11(13)4-6-12(10)8-9-2-3-9;3-2(4,5)1(6)7/h9-11H,2-8H2,1H3;(H,6,7)/t10-,11+;/m1./s1. The molecule has 23 heavy (non-hydrogen) atoms. The molecule has 2 aliphatic heterocycles. The van der Waals surface area contributed by atoms with Gasteiger partial charge < -0.3 is 5.11 Å². The van der Waals surface area contributed by atoms with Gasteiger partial charge in [-0.05, 0) is 31.6 Å². The second kappa shape index (κ2) is 6.56.